The van der Waals surface area contributed by atoms with Crippen molar-refractivity contribution in [2.45, 2.75) is 37.8 Å². The molecule has 5 rings (SSSR count). The molecule has 2 aliphatic rings. The largest absolute Gasteiger partial charge is 0.360 e. The molecule has 2 saturated heterocycles. The SMILES string of the molecule is CN(C)C/C=C/C(=O)N1CCC(N2CCC[C@@H](Nc3ncc(Cl)c(-c4c[nH]c5ccccc45)n3)C2)CC1. The van der Waals surface area contributed by atoms with E-state index >= 15 is 0 Å². The number of anilines is 1. The van der Waals surface area contributed by atoms with E-state index in [1.54, 1.807) is 12.3 Å². The van der Waals surface area contributed by atoms with Crippen molar-refractivity contribution < 1.29 is 4.79 Å². The van der Waals surface area contributed by atoms with Crippen LogP contribution in [-0.2, 0) is 4.79 Å². The molecule has 0 bridgehead atoms. The maximum atomic E-state index is 12.5. The molecule has 37 heavy (non-hydrogen) atoms. The van der Waals surface area contributed by atoms with E-state index in [0.717, 1.165) is 80.6 Å². The normalized spacial score (nSPS) is 19.8. The van der Waals surface area contributed by atoms with E-state index in [2.05, 4.69) is 31.2 Å². The Bertz CT molecular complexity index is 1250. The van der Waals surface area contributed by atoms with Gasteiger partial charge in [0.1, 0.15) is 0 Å². The van der Waals surface area contributed by atoms with Gasteiger partial charge in [0.2, 0.25) is 11.9 Å². The summed E-state index contributed by atoms with van der Waals surface area (Å²) < 4.78 is 0. The molecular formula is C28H36ClN7O. The smallest absolute Gasteiger partial charge is 0.246 e. The highest BCUT2D eigenvalue weighted by Crippen LogP contribution is 2.32. The zero-order valence-corrected chi connectivity index (χ0v) is 22.4. The average molecular weight is 522 g/mol. The fraction of sp³-hybridized carbons (Fsp3) is 0.464. The Morgan fingerprint density at radius 1 is 1.22 bits per heavy atom. The first kappa shape index (κ1) is 25.7. The van der Waals surface area contributed by atoms with Gasteiger partial charge >= 0.3 is 0 Å². The van der Waals surface area contributed by atoms with E-state index in [0.29, 0.717) is 17.0 Å². The topological polar surface area (TPSA) is 80.4 Å². The summed E-state index contributed by atoms with van der Waals surface area (Å²) in [5, 5.41) is 5.21. The Balaban J connectivity index is 1.19. The quantitative estimate of drug-likeness (QED) is 0.452. The van der Waals surface area contributed by atoms with Gasteiger partial charge in [-0.05, 0) is 52.4 Å². The van der Waals surface area contributed by atoms with Gasteiger partial charge in [-0.15, -0.1) is 0 Å². The van der Waals surface area contributed by atoms with Crippen LogP contribution in [0, 0.1) is 0 Å². The number of likely N-dealkylation sites (N-methyl/N-ethyl adjacent to an activating group) is 1. The maximum Gasteiger partial charge on any atom is 0.246 e. The van der Waals surface area contributed by atoms with Gasteiger partial charge in [-0.2, -0.15) is 0 Å². The third-order valence-corrected chi connectivity index (χ3v) is 7.67. The maximum absolute atomic E-state index is 12.5. The second-order valence-corrected chi connectivity index (χ2v) is 10.7. The minimum Gasteiger partial charge on any atom is -0.360 e. The van der Waals surface area contributed by atoms with E-state index in [-0.39, 0.29) is 11.9 Å². The molecule has 9 heteroatoms. The first-order valence-electron chi connectivity index (χ1n) is 13.2. The molecule has 2 fully saturated rings. The van der Waals surface area contributed by atoms with Crippen LogP contribution in [0.4, 0.5) is 5.95 Å². The number of likely N-dealkylation sites (tertiary alicyclic amines) is 2. The number of aromatic amines is 1. The Kier molecular flexibility index (Phi) is 8.08. The van der Waals surface area contributed by atoms with Crippen molar-refractivity contribution in [1.29, 1.82) is 0 Å². The number of carbonyl (C=O) groups excluding carboxylic acids is 1. The van der Waals surface area contributed by atoms with Crippen LogP contribution in [0.2, 0.25) is 5.02 Å². The lowest BCUT2D eigenvalue weighted by atomic mass is 9.98. The minimum absolute atomic E-state index is 0.129. The van der Waals surface area contributed by atoms with E-state index < -0.39 is 0 Å². The lowest BCUT2D eigenvalue weighted by Gasteiger charge is -2.42. The van der Waals surface area contributed by atoms with Crippen molar-refractivity contribution in [2.24, 2.45) is 0 Å². The Morgan fingerprint density at radius 3 is 2.84 bits per heavy atom. The standard InChI is InChI=1S/C28H36ClN7O/c1-34(2)13-6-10-26(37)35-15-11-21(12-16-35)36-14-5-7-20(19-36)32-28-31-18-24(29)27(33-28)23-17-30-25-9-4-3-8-22(23)25/h3-4,6,8-10,17-18,20-21,30H,5,7,11-16,19H2,1-2H3,(H,31,32,33)/b10-6+/t20-/m1/s1. The molecule has 4 heterocycles. The van der Waals surface area contributed by atoms with Crippen molar-refractivity contribution in [2.75, 3.05) is 52.1 Å². The summed E-state index contributed by atoms with van der Waals surface area (Å²) >= 11 is 6.52. The summed E-state index contributed by atoms with van der Waals surface area (Å²) in [6, 6.07) is 8.94. The van der Waals surface area contributed by atoms with Crippen molar-refractivity contribution >= 4 is 34.4 Å². The van der Waals surface area contributed by atoms with Gasteiger partial charge in [0.25, 0.3) is 0 Å². The number of halogens is 1. The fourth-order valence-electron chi connectivity index (χ4n) is 5.45. The van der Waals surface area contributed by atoms with Crippen molar-refractivity contribution in [3.05, 3.63) is 53.8 Å². The van der Waals surface area contributed by atoms with Crippen LogP contribution in [0.1, 0.15) is 25.7 Å². The summed E-state index contributed by atoms with van der Waals surface area (Å²) in [6.07, 6.45) is 11.6. The molecule has 1 aromatic carbocycles. The number of hydrogen-bond acceptors (Lipinski definition) is 6. The summed E-state index contributed by atoms with van der Waals surface area (Å²) in [5.74, 6) is 0.742. The minimum atomic E-state index is 0.129. The third-order valence-electron chi connectivity index (χ3n) is 7.40. The number of benzene rings is 1. The number of rotatable bonds is 7. The second kappa shape index (κ2) is 11.6. The average Bonchev–Trinajstić information content (AvgIpc) is 3.34. The summed E-state index contributed by atoms with van der Waals surface area (Å²) in [7, 11) is 4.01. The Labute approximate surface area is 223 Å². The lowest BCUT2D eigenvalue weighted by Crippen LogP contribution is -2.51. The number of fused-ring (bicyclic) bond motifs is 1. The predicted octanol–water partition coefficient (Wildman–Crippen LogP) is 4.26. The third kappa shape index (κ3) is 6.14. The van der Waals surface area contributed by atoms with Crippen LogP contribution < -0.4 is 5.32 Å². The molecule has 2 aliphatic heterocycles. The van der Waals surface area contributed by atoms with Crippen LogP contribution in [-0.4, -0.2) is 94.5 Å². The first-order valence-corrected chi connectivity index (χ1v) is 13.6. The van der Waals surface area contributed by atoms with Gasteiger partial charge in [-0.3, -0.25) is 9.69 Å². The van der Waals surface area contributed by atoms with Crippen LogP contribution in [0.5, 0.6) is 0 Å². The molecule has 0 saturated carbocycles. The highest BCUT2D eigenvalue weighted by Gasteiger charge is 2.30. The number of hydrogen-bond donors (Lipinski definition) is 2. The number of nitrogens with one attached hydrogen (secondary N) is 2. The molecule has 8 nitrogen and oxygen atoms in total. The number of piperidine rings is 2. The zero-order chi connectivity index (χ0) is 25.8. The number of amides is 1. The number of carbonyl (C=O) groups is 1. The van der Waals surface area contributed by atoms with E-state index in [1.807, 2.05) is 49.5 Å². The number of para-hydroxylation sites is 1. The van der Waals surface area contributed by atoms with Gasteiger partial charge < -0.3 is 20.1 Å². The molecule has 0 aliphatic carbocycles. The van der Waals surface area contributed by atoms with Gasteiger partial charge in [-0.25, -0.2) is 9.97 Å². The molecule has 0 unspecified atom stereocenters. The van der Waals surface area contributed by atoms with Crippen LogP contribution in [0.3, 0.4) is 0 Å². The number of H-pyrrole nitrogens is 1. The molecule has 1 atom stereocenters. The molecule has 0 radical (unpaired) electrons. The Morgan fingerprint density at radius 2 is 2.03 bits per heavy atom. The molecule has 0 spiro atoms. The van der Waals surface area contributed by atoms with Gasteiger partial charge in [0, 0.05) is 67.0 Å². The molecule has 3 aromatic rings. The van der Waals surface area contributed by atoms with Gasteiger partial charge in [0.05, 0.1) is 16.9 Å². The molecule has 1 amide bonds. The Hall–Kier alpha value is -2.94. The van der Waals surface area contributed by atoms with E-state index in [9.17, 15) is 4.79 Å². The van der Waals surface area contributed by atoms with Gasteiger partial charge in [0.15, 0.2) is 0 Å². The zero-order valence-electron chi connectivity index (χ0n) is 21.7. The monoisotopic (exact) mass is 521 g/mol. The van der Waals surface area contributed by atoms with E-state index in [1.165, 1.54) is 0 Å². The van der Waals surface area contributed by atoms with Gasteiger partial charge in [-0.1, -0.05) is 35.9 Å². The number of nitrogens with zero attached hydrogens (tertiary/aromatic N) is 5. The highest BCUT2D eigenvalue weighted by atomic mass is 35.5. The summed E-state index contributed by atoms with van der Waals surface area (Å²) in [4.78, 5) is 31.7. The first-order chi connectivity index (χ1) is 18.0. The fourth-order valence-corrected chi connectivity index (χ4v) is 5.65. The van der Waals surface area contributed by atoms with Crippen molar-refractivity contribution in [3.8, 4) is 11.3 Å². The molecule has 2 N–H and O–H groups in total. The van der Waals surface area contributed by atoms with Crippen LogP contribution >= 0.6 is 11.6 Å². The van der Waals surface area contributed by atoms with E-state index in [4.69, 9.17) is 16.6 Å². The second-order valence-electron chi connectivity index (χ2n) is 10.3. The van der Waals surface area contributed by atoms with Crippen molar-refractivity contribution in [1.82, 2.24) is 29.7 Å². The molecular weight excluding hydrogens is 486 g/mol. The van der Waals surface area contributed by atoms with Crippen LogP contribution in [0.25, 0.3) is 22.2 Å². The summed E-state index contributed by atoms with van der Waals surface area (Å²) in [5.41, 5.74) is 2.78. The predicted molar refractivity (Wildman–Crippen MR) is 150 cm³/mol. The molecule has 2 aromatic heterocycles. The molecule has 196 valence electrons. The highest BCUT2D eigenvalue weighted by molar-refractivity contribution is 6.33. The van der Waals surface area contributed by atoms with Crippen LogP contribution in [0.15, 0.2) is 48.8 Å². The number of aromatic nitrogens is 3. The van der Waals surface area contributed by atoms with Crippen molar-refractivity contribution in [3.63, 3.8) is 0 Å². The summed E-state index contributed by atoms with van der Waals surface area (Å²) in [6.45, 7) is 4.47. The lowest BCUT2D eigenvalue weighted by molar-refractivity contribution is -0.127.